The predicted octanol–water partition coefficient (Wildman–Crippen LogP) is 2.75. The van der Waals surface area contributed by atoms with E-state index in [9.17, 15) is 9.18 Å². The van der Waals surface area contributed by atoms with Crippen LogP contribution in [-0.2, 0) is 16.0 Å². The number of hydrogen-bond acceptors (Lipinski definition) is 5. The highest BCUT2D eigenvalue weighted by Gasteiger charge is 2.22. The molecule has 0 bridgehead atoms. The van der Waals surface area contributed by atoms with Gasteiger partial charge in [0.25, 0.3) is 0 Å². The molecule has 1 aromatic carbocycles. The van der Waals surface area contributed by atoms with Gasteiger partial charge in [-0.15, -0.1) is 0 Å². The molecule has 0 atom stereocenters. The van der Waals surface area contributed by atoms with Crippen molar-refractivity contribution in [2.75, 3.05) is 20.2 Å². The third-order valence-corrected chi connectivity index (χ3v) is 4.58. The molecule has 1 saturated heterocycles. The Balaban J connectivity index is 1.55. The van der Waals surface area contributed by atoms with Crippen molar-refractivity contribution in [3.63, 3.8) is 0 Å². The fourth-order valence-corrected chi connectivity index (χ4v) is 2.92. The van der Waals surface area contributed by atoms with Crippen LogP contribution < -0.4 is 0 Å². The van der Waals surface area contributed by atoms with Gasteiger partial charge in [0.15, 0.2) is 0 Å². The van der Waals surface area contributed by atoms with E-state index in [2.05, 4.69) is 10.1 Å². The summed E-state index contributed by atoms with van der Waals surface area (Å²) in [6.45, 7) is 3.13. The average Bonchev–Trinajstić information content (AvgIpc) is 3.11. The molecular formula is C18H22FN3O3. The number of carbonyl (C=O) groups is 1. The van der Waals surface area contributed by atoms with E-state index in [1.165, 1.54) is 6.07 Å². The van der Waals surface area contributed by atoms with Gasteiger partial charge in [-0.3, -0.25) is 4.79 Å². The van der Waals surface area contributed by atoms with Gasteiger partial charge in [-0.25, -0.2) is 4.39 Å². The summed E-state index contributed by atoms with van der Waals surface area (Å²) in [6, 6.07) is 4.81. The number of benzene rings is 1. The van der Waals surface area contributed by atoms with Crippen molar-refractivity contribution in [3.8, 4) is 11.4 Å². The number of hydrogen-bond donors (Lipinski definition) is 0. The summed E-state index contributed by atoms with van der Waals surface area (Å²) in [7, 11) is 1.70. The number of aryl methyl sites for hydroxylation is 2. The number of rotatable bonds is 5. The van der Waals surface area contributed by atoms with Crippen molar-refractivity contribution in [3.05, 3.63) is 35.5 Å². The molecule has 25 heavy (non-hydrogen) atoms. The molecule has 0 N–H and O–H groups in total. The Kier molecular flexibility index (Phi) is 5.43. The predicted molar refractivity (Wildman–Crippen MR) is 89.4 cm³/mol. The van der Waals surface area contributed by atoms with Crippen molar-refractivity contribution in [1.29, 1.82) is 0 Å². The number of likely N-dealkylation sites (tertiary alicyclic amines) is 1. The third kappa shape index (κ3) is 4.22. The minimum Gasteiger partial charge on any atom is -0.381 e. The summed E-state index contributed by atoms with van der Waals surface area (Å²) < 4.78 is 24.1. The highest BCUT2D eigenvalue weighted by Crippen LogP contribution is 2.20. The first-order chi connectivity index (χ1) is 12.1. The number of ether oxygens (including phenoxy) is 1. The van der Waals surface area contributed by atoms with Gasteiger partial charge >= 0.3 is 0 Å². The molecule has 0 saturated carbocycles. The van der Waals surface area contributed by atoms with Crippen molar-refractivity contribution in [1.82, 2.24) is 15.0 Å². The van der Waals surface area contributed by atoms with Crippen LogP contribution in [-0.4, -0.2) is 47.3 Å². The van der Waals surface area contributed by atoms with Gasteiger partial charge in [0.2, 0.25) is 17.6 Å². The lowest BCUT2D eigenvalue weighted by Crippen LogP contribution is -2.40. The Hall–Kier alpha value is -2.28. The Labute approximate surface area is 146 Å². The van der Waals surface area contributed by atoms with E-state index >= 15 is 0 Å². The third-order valence-electron chi connectivity index (χ3n) is 4.58. The molecule has 1 fully saturated rings. The van der Waals surface area contributed by atoms with E-state index in [-0.39, 0.29) is 17.8 Å². The van der Waals surface area contributed by atoms with Crippen LogP contribution in [0.1, 0.15) is 30.7 Å². The minimum atomic E-state index is -0.307. The van der Waals surface area contributed by atoms with E-state index in [4.69, 9.17) is 9.26 Å². The maximum Gasteiger partial charge on any atom is 0.227 e. The smallest absolute Gasteiger partial charge is 0.227 e. The Bertz CT molecular complexity index is 739. The molecule has 134 valence electrons. The second kappa shape index (κ2) is 7.74. The Morgan fingerprint density at radius 3 is 2.84 bits per heavy atom. The van der Waals surface area contributed by atoms with Crippen molar-refractivity contribution >= 4 is 5.91 Å². The molecule has 0 spiro atoms. The van der Waals surface area contributed by atoms with Gasteiger partial charge in [-0.2, -0.15) is 4.98 Å². The van der Waals surface area contributed by atoms with E-state index < -0.39 is 0 Å². The van der Waals surface area contributed by atoms with Crippen LogP contribution in [0.15, 0.2) is 22.7 Å². The highest BCUT2D eigenvalue weighted by atomic mass is 19.1. The van der Waals surface area contributed by atoms with E-state index in [1.807, 2.05) is 4.90 Å². The van der Waals surface area contributed by atoms with E-state index in [1.54, 1.807) is 26.2 Å². The summed E-state index contributed by atoms with van der Waals surface area (Å²) in [5.41, 5.74) is 1.13. The maximum absolute atomic E-state index is 13.6. The van der Waals surface area contributed by atoms with Crippen molar-refractivity contribution < 1.29 is 18.4 Å². The molecule has 1 amide bonds. The zero-order chi connectivity index (χ0) is 17.8. The summed E-state index contributed by atoms with van der Waals surface area (Å²) in [5, 5.41) is 3.87. The molecular weight excluding hydrogens is 325 g/mol. The number of carbonyl (C=O) groups excluding carboxylic acids is 1. The van der Waals surface area contributed by atoms with Crippen LogP contribution in [0, 0.1) is 12.7 Å². The summed E-state index contributed by atoms with van der Waals surface area (Å²) in [6.07, 6.45) is 2.68. The van der Waals surface area contributed by atoms with Gasteiger partial charge in [0.05, 0.1) is 6.10 Å². The molecule has 7 heteroatoms. The zero-order valence-electron chi connectivity index (χ0n) is 14.5. The van der Waals surface area contributed by atoms with Crippen LogP contribution in [0.25, 0.3) is 11.4 Å². The first kappa shape index (κ1) is 17.5. The lowest BCUT2D eigenvalue weighted by Gasteiger charge is -2.31. The largest absolute Gasteiger partial charge is 0.381 e. The summed E-state index contributed by atoms with van der Waals surface area (Å²) >= 11 is 0. The number of nitrogens with zero attached hydrogens (tertiary/aromatic N) is 3. The molecule has 6 nitrogen and oxygen atoms in total. The van der Waals surface area contributed by atoms with Crippen LogP contribution in [0.3, 0.4) is 0 Å². The van der Waals surface area contributed by atoms with Gasteiger partial charge in [-0.05, 0) is 31.4 Å². The molecule has 1 aromatic heterocycles. The second-order valence-electron chi connectivity index (χ2n) is 6.29. The SMILES string of the molecule is COC1CCN(C(=O)CCc2nc(-c3ccc(C)c(F)c3)no2)CC1. The van der Waals surface area contributed by atoms with E-state index in [0.717, 1.165) is 25.9 Å². The van der Waals surface area contributed by atoms with Gasteiger partial charge < -0.3 is 14.2 Å². The number of methoxy groups -OCH3 is 1. The van der Waals surface area contributed by atoms with Crippen molar-refractivity contribution in [2.24, 2.45) is 0 Å². The monoisotopic (exact) mass is 347 g/mol. The zero-order valence-corrected chi connectivity index (χ0v) is 14.5. The maximum atomic E-state index is 13.6. The van der Waals surface area contributed by atoms with Crippen LogP contribution in [0.4, 0.5) is 4.39 Å². The quantitative estimate of drug-likeness (QED) is 0.832. The standard InChI is InChI=1S/C18H22FN3O3/c1-12-3-4-13(11-15(12)19)18-20-16(25-21-18)5-6-17(23)22-9-7-14(24-2)8-10-22/h3-4,11,14H,5-10H2,1-2H3. The second-order valence-corrected chi connectivity index (χ2v) is 6.29. The summed E-state index contributed by atoms with van der Waals surface area (Å²) in [5.74, 6) is 0.493. The molecule has 0 radical (unpaired) electrons. The van der Waals surface area contributed by atoms with Crippen LogP contribution in [0.5, 0.6) is 0 Å². The van der Waals surface area contributed by atoms with E-state index in [0.29, 0.717) is 35.7 Å². The average molecular weight is 347 g/mol. The molecule has 2 heterocycles. The topological polar surface area (TPSA) is 68.5 Å². The molecule has 1 aliphatic heterocycles. The first-order valence-electron chi connectivity index (χ1n) is 8.46. The fourth-order valence-electron chi connectivity index (χ4n) is 2.92. The lowest BCUT2D eigenvalue weighted by atomic mass is 10.1. The Morgan fingerprint density at radius 1 is 1.40 bits per heavy atom. The normalized spacial score (nSPS) is 15.6. The van der Waals surface area contributed by atoms with Gasteiger partial charge in [0, 0.05) is 38.6 Å². The van der Waals surface area contributed by atoms with Gasteiger partial charge in [0.1, 0.15) is 5.82 Å². The molecule has 0 unspecified atom stereocenters. The Morgan fingerprint density at radius 2 is 2.16 bits per heavy atom. The van der Waals surface area contributed by atoms with Gasteiger partial charge in [-0.1, -0.05) is 17.3 Å². The number of piperidine rings is 1. The van der Waals surface area contributed by atoms with Crippen LogP contribution in [0.2, 0.25) is 0 Å². The summed E-state index contributed by atoms with van der Waals surface area (Å²) in [4.78, 5) is 18.4. The highest BCUT2D eigenvalue weighted by molar-refractivity contribution is 5.76. The first-order valence-corrected chi connectivity index (χ1v) is 8.46. The molecule has 0 aliphatic carbocycles. The number of amides is 1. The van der Waals surface area contributed by atoms with Crippen molar-refractivity contribution in [2.45, 2.75) is 38.7 Å². The number of aromatic nitrogens is 2. The van der Waals surface area contributed by atoms with Crippen LogP contribution >= 0.6 is 0 Å². The molecule has 3 rings (SSSR count). The molecule has 1 aliphatic rings. The fraction of sp³-hybridized carbons (Fsp3) is 0.500. The lowest BCUT2D eigenvalue weighted by molar-refractivity contribution is -0.133. The molecule has 2 aromatic rings. The minimum absolute atomic E-state index is 0.0793. The number of halogens is 1.